The molecule has 0 saturated carbocycles. The summed E-state index contributed by atoms with van der Waals surface area (Å²) in [4.78, 5) is 3.17. The van der Waals surface area contributed by atoms with Crippen LogP contribution in [0, 0.1) is 5.92 Å². The minimum Gasteiger partial charge on any atom is -0.393 e. The molecule has 2 N–H and O–H groups in total. The largest absolute Gasteiger partial charge is 0.393 e. The summed E-state index contributed by atoms with van der Waals surface area (Å²) in [6, 6.07) is 0. The second-order valence-electron chi connectivity index (χ2n) is 3.54. The summed E-state index contributed by atoms with van der Waals surface area (Å²) in [6.45, 7) is 5.72. The maximum atomic E-state index is 5.63. The minimum atomic E-state index is 0.472. The molecule has 12 heavy (non-hydrogen) atoms. The number of hydrogen-bond donors (Lipinski definition) is 1. The van der Waals surface area contributed by atoms with Crippen LogP contribution in [0.25, 0.3) is 0 Å². The zero-order valence-corrected chi connectivity index (χ0v) is 8.57. The molecule has 0 radical (unpaired) electrons. The second kappa shape index (κ2) is 4.77. The summed E-state index contributed by atoms with van der Waals surface area (Å²) in [5, 5.41) is 0. The lowest BCUT2D eigenvalue weighted by molar-refractivity contribution is 0.205. The molecule has 70 valence electrons. The lowest BCUT2D eigenvalue weighted by atomic mass is 9.98. The molecule has 2 nitrogen and oxygen atoms in total. The van der Waals surface area contributed by atoms with Crippen LogP contribution in [0.2, 0.25) is 0 Å². The van der Waals surface area contributed by atoms with Gasteiger partial charge in [-0.1, -0.05) is 19.1 Å². The van der Waals surface area contributed by atoms with E-state index in [1.165, 1.54) is 32.4 Å². The predicted octanol–water partition coefficient (Wildman–Crippen LogP) is 1.39. The van der Waals surface area contributed by atoms with E-state index in [9.17, 15) is 0 Å². The van der Waals surface area contributed by atoms with Crippen molar-refractivity contribution in [2.45, 2.75) is 26.2 Å². The van der Waals surface area contributed by atoms with E-state index in [0.717, 1.165) is 6.54 Å². The molecule has 1 saturated heterocycles. The molecule has 0 aromatic heterocycles. The molecule has 0 bridgehead atoms. The molecule has 0 spiro atoms. The summed E-state index contributed by atoms with van der Waals surface area (Å²) in [7, 11) is 0. The first-order chi connectivity index (χ1) is 5.74. The number of nitrogens with zero attached hydrogens (tertiary/aromatic N) is 1. The van der Waals surface area contributed by atoms with Crippen molar-refractivity contribution in [2.75, 3.05) is 19.6 Å². The van der Waals surface area contributed by atoms with Crippen molar-refractivity contribution >= 4 is 17.2 Å². The number of hydrogen-bond acceptors (Lipinski definition) is 2. The number of likely N-dealkylation sites (tertiary alicyclic amines) is 1. The van der Waals surface area contributed by atoms with Crippen molar-refractivity contribution in [3.8, 4) is 0 Å². The number of nitrogens with two attached hydrogens (primary N) is 1. The monoisotopic (exact) mass is 186 g/mol. The van der Waals surface area contributed by atoms with Crippen LogP contribution in [0.1, 0.15) is 26.2 Å². The van der Waals surface area contributed by atoms with Gasteiger partial charge in [0.2, 0.25) is 0 Å². The Labute approximate surface area is 80.1 Å². The van der Waals surface area contributed by atoms with E-state index in [0.29, 0.717) is 10.9 Å². The SMILES string of the molecule is CCCN1CCCC(C(N)=S)C1. The summed E-state index contributed by atoms with van der Waals surface area (Å²) in [5.74, 6) is 0.472. The predicted molar refractivity (Wildman–Crippen MR) is 56.2 cm³/mol. The van der Waals surface area contributed by atoms with Crippen molar-refractivity contribution in [3.05, 3.63) is 0 Å². The highest BCUT2D eigenvalue weighted by atomic mass is 32.1. The number of piperidine rings is 1. The summed E-state index contributed by atoms with van der Waals surface area (Å²) < 4.78 is 0. The minimum absolute atomic E-state index is 0.472. The van der Waals surface area contributed by atoms with Gasteiger partial charge in [-0.15, -0.1) is 0 Å². The molecule has 1 unspecified atom stereocenters. The molecule has 1 aliphatic rings. The molecule has 1 aliphatic heterocycles. The quantitative estimate of drug-likeness (QED) is 0.675. The van der Waals surface area contributed by atoms with Gasteiger partial charge in [-0.3, -0.25) is 0 Å². The molecule has 0 aliphatic carbocycles. The third kappa shape index (κ3) is 2.72. The van der Waals surface area contributed by atoms with Crippen molar-refractivity contribution in [2.24, 2.45) is 11.7 Å². The standard InChI is InChI=1S/C9H18N2S/c1-2-5-11-6-3-4-8(7-11)9(10)12/h8H,2-7H2,1H3,(H2,10,12). The second-order valence-corrected chi connectivity index (χ2v) is 4.01. The zero-order valence-electron chi connectivity index (χ0n) is 7.75. The van der Waals surface area contributed by atoms with Crippen LogP contribution in [0.15, 0.2) is 0 Å². The van der Waals surface area contributed by atoms with Crippen LogP contribution in [-0.4, -0.2) is 29.5 Å². The van der Waals surface area contributed by atoms with Crippen LogP contribution >= 0.6 is 12.2 Å². The molecule has 1 fully saturated rings. The fourth-order valence-electron chi connectivity index (χ4n) is 1.81. The Bertz CT molecular complexity index is 157. The van der Waals surface area contributed by atoms with Crippen LogP contribution in [-0.2, 0) is 0 Å². The van der Waals surface area contributed by atoms with E-state index in [1.54, 1.807) is 0 Å². The van der Waals surface area contributed by atoms with Crippen LogP contribution in [0.5, 0.6) is 0 Å². The van der Waals surface area contributed by atoms with Gasteiger partial charge in [0.1, 0.15) is 0 Å². The highest BCUT2D eigenvalue weighted by Crippen LogP contribution is 2.16. The average Bonchev–Trinajstić information content (AvgIpc) is 2.05. The molecular weight excluding hydrogens is 168 g/mol. The lowest BCUT2D eigenvalue weighted by Gasteiger charge is -2.31. The molecule has 0 aromatic rings. The maximum absolute atomic E-state index is 5.63. The highest BCUT2D eigenvalue weighted by Gasteiger charge is 2.20. The van der Waals surface area contributed by atoms with Gasteiger partial charge in [0.25, 0.3) is 0 Å². The van der Waals surface area contributed by atoms with E-state index in [4.69, 9.17) is 18.0 Å². The summed E-state index contributed by atoms with van der Waals surface area (Å²) >= 11 is 5.00. The van der Waals surface area contributed by atoms with Gasteiger partial charge in [0.15, 0.2) is 0 Å². The zero-order chi connectivity index (χ0) is 8.97. The van der Waals surface area contributed by atoms with Gasteiger partial charge in [0, 0.05) is 12.5 Å². The molecule has 3 heteroatoms. The first kappa shape index (κ1) is 9.93. The van der Waals surface area contributed by atoms with Crippen LogP contribution in [0.3, 0.4) is 0 Å². The smallest absolute Gasteiger partial charge is 0.0771 e. The van der Waals surface area contributed by atoms with Gasteiger partial charge in [0.05, 0.1) is 4.99 Å². The first-order valence-corrected chi connectivity index (χ1v) is 5.16. The van der Waals surface area contributed by atoms with Crippen LogP contribution < -0.4 is 5.73 Å². The molecule has 1 heterocycles. The van der Waals surface area contributed by atoms with E-state index in [-0.39, 0.29) is 0 Å². The van der Waals surface area contributed by atoms with E-state index < -0.39 is 0 Å². The Morgan fingerprint density at radius 2 is 2.42 bits per heavy atom. The Hall–Kier alpha value is -0.150. The van der Waals surface area contributed by atoms with E-state index >= 15 is 0 Å². The van der Waals surface area contributed by atoms with Gasteiger partial charge in [-0.2, -0.15) is 0 Å². The Morgan fingerprint density at radius 1 is 1.67 bits per heavy atom. The van der Waals surface area contributed by atoms with Crippen molar-refractivity contribution < 1.29 is 0 Å². The third-order valence-corrected chi connectivity index (χ3v) is 2.78. The van der Waals surface area contributed by atoms with Gasteiger partial charge in [-0.25, -0.2) is 0 Å². The summed E-state index contributed by atoms with van der Waals surface area (Å²) in [6.07, 6.45) is 3.67. The fraction of sp³-hybridized carbons (Fsp3) is 0.889. The Balaban J connectivity index is 2.35. The topological polar surface area (TPSA) is 29.3 Å². The summed E-state index contributed by atoms with van der Waals surface area (Å²) in [5.41, 5.74) is 5.63. The Kier molecular flexibility index (Phi) is 3.95. The van der Waals surface area contributed by atoms with Crippen molar-refractivity contribution in [1.82, 2.24) is 4.90 Å². The van der Waals surface area contributed by atoms with Gasteiger partial charge < -0.3 is 10.6 Å². The lowest BCUT2D eigenvalue weighted by Crippen LogP contribution is -2.40. The molecule has 1 atom stereocenters. The first-order valence-electron chi connectivity index (χ1n) is 4.75. The average molecular weight is 186 g/mol. The number of rotatable bonds is 3. The number of thiocarbonyl (C=S) groups is 1. The highest BCUT2D eigenvalue weighted by molar-refractivity contribution is 7.80. The molecule has 1 rings (SSSR count). The van der Waals surface area contributed by atoms with E-state index in [2.05, 4.69) is 11.8 Å². The van der Waals surface area contributed by atoms with Gasteiger partial charge >= 0.3 is 0 Å². The van der Waals surface area contributed by atoms with Crippen LogP contribution in [0.4, 0.5) is 0 Å². The normalized spacial score (nSPS) is 25.6. The molecule has 0 amide bonds. The third-order valence-electron chi connectivity index (χ3n) is 2.45. The fourth-order valence-corrected chi connectivity index (χ4v) is 2.00. The van der Waals surface area contributed by atoms with Crippen molar-refractivity contribution in [1.29, 1.82) is 0 Å². The van der Waals surface area contributed by atoms with Gasteiger partial charge in [-0.05, 0) is 32.4 Å². The van der Waals surface area contributed by atoms with E-state index in [1.807, 2.05) is 0 Å². The molecular formula is C9H18N2S. The molecule has 0 aromatic carbocycles. The maximum Gasteiger partial charge on any atom is 0.0771 e. The Morgan fingerprint density at radius 3 is 3.00 bits per heavy atom. The van der Waals surface area contributed by atoms with Crippen molar-refractivity contribution in [3.63, 3.8) is 0 Å².